The summed E-state index contributed by atoms with van der Waals surface area (Å²) >= 11 is 0. The number of likely N-dealkylation sites (tertiary alicyclic amines) is 1. The Morgan fingerprint density at radius 2 is 1.81 bits per heavy atom. The number of carbonyl (C=O) groups is 2. The maximum absolute atomic E-state index is 13.2. The summed E-state index contributed by atoms with van der Waals surface area (Å²) in [5.74, 6) is -0.951. The van der Waals surface area contributed by atoms with E-state index in [0.717, 1.165) is 32.2 Å². The van der Waals surface area contributed by atoms with Gasteiger partial charge in [0, 0.05) is 19.6 Å². The molecule has 2 aliphatic heterocycles. The number of amides is 2. The van der Waals surface area contributed by atoms with E-state index in [0.29, 0.717) is 19.5 Å². The van der Waals surface area contributed by atoms with Crippen LogP contribution >= 0.6 is 0 Å². The van der Waals surface area contributed by atoms with Crippen molar-refractivity contribution in [2.45, 2.75) is 50.5 Å². The molecule has 2 saturated heterocycles. The first-order valence-corrected chi connectivity index (χ1v) is 9.98. The molecule has 2 atom stereocenters. The van der Waals surface area contributed by atoms with Crippen LogP contribution in [-0.2, 0) is 15.0 Å². The fourth-order valence-corrected chi connectivity index (χ4v) is 4.82. The van der Waals surface area contributed by atoms with Crippen molar-refractivity contribution in [3.63, 3.8) is 0 Å². The lowest BCUT2D eigenvalue weighted by Crippen LogP contribution is -2.60. The molecule has 0 aromatic heterocycles. The summed E-state index contributed by atoms with van der Waals surface area (Å²) in [7, 11) is 0. The lowest BCUT2D eigenvalue weighted by atomic mass is 9.74. The second-order valence-electron chi connectivity index (χ2n) is 8.90. The van der Waals surface area contributed by atoms with Gasteiger partial charge in [-0.2, -0.15) is 0 Å². The second-order valence-corrected chi connectivity index (χ2v) is 8.90. The van der Waals surface area contributed by atoms with Crippen LogP contribution in [0, 0.1) is 11.3 Å². The first-order chi connectivity index (χ1) is 13.0. The van der Waals surface area contributed by atoms with Crippen molar-refractivity contribution < 1.29 is 14.8 Å². The number of nitrogens with one attached hydrogen (secondary N) is 2. The minimum Gasteiger partial charge on any atom is -0.341 e. The smallest absolute Gasteiger partial charge is 0.248 e. The quantitative estimate of drug-likeness (QED) is 0.559. The van der Waals surface area contributed by atoms with Crippen LogP contribution in [0.5, 0.6) is 0 Å². The Balaban J connectivity index is 1.43. The average Bonchev–Trinajstić information content (AvgIpc) is 3.46. The highest BCUT2D eigenvalue weighted by Crippen LogP contribution is 2.52. The topological polar surface area (TPSA) is 81.7 Å². The fraction of sp³-hybridized carbons (Fsp3) is 0.619. The van der Waals surface area contributed by atoms with Gasteiger partial charge in [-0.05, 0) is 48.5 Å². The van der Waals surface area contributed by atoms with Gasteiger partial charge in [0.1, 0.15) is 0 Å². The van der Waals surface area contributed by atoms with E-state index in [-0.39, 0.29) is 16.7 Å². The van der Waals surface area contributed by atoms with E-state index < -0.39 is 17.9 Å². The monoisotopic (exact) mass is 371 g/mol. The number of carbonyl (C=O) groups excluding carboxylic acids is 2. The molecule has 1 aromatic carbocycles. The van der Waals surface area contributed by atoms with E-state index in [1.54, 1.807) is 5.48 Å². The predicted molar refractivity (Wildman–Crippen MR) is 101 cm³/mol. The molecule has 3 aliphatic rings. The van der Waals surface area contributed by atoms with Gasteiger partial charge in [0.05, 0.1) is 12.0 Å². The summed E-state index contributed by atoms with van der Waals surface area (Å²) < 4.78 is 0. The van der Waals surface area contributed by atoms with Crippen LogP contribution in [0.15, 0.2) is 30.3 Å². The number of hydrogen-bond acceptors (Lipinski definition) is 4. The third kappa shape index (κ3) is 3.48. The van der Waals surface area contributed by atoms with E-state index in [2.05, 4.69) is 36.5 Å². The molecule has 27 heavy (non-hydrogen) atoms. The predicted octanol–water partition coefficient (Wildman–Crippen LogP) is 1.83. The highest BCUT2D eigenvalue weighted by molar-refractivity contribution is 5.90. The Labute approximate surface area is 160 Å². The van der Waals surface area contributed by atoms with Crippen LogP contribution < -0.4 is 10.8 Å². The average molecular weight is 371 g/mol. The fourth-order valence-electron chi connectivity index (χ4n) is 4.82. The Morgan fingerprint density at radius 3 is 2.41 bits per heavy atom. The van der Waals surface area contributed by atoms with Gasteiger partial charge in [0.2, 0.25) is 11.8 Å². The zero-order valence-corrected chi connectivity index (χ0v) is 15.9. The SMILES string of the molecule is CC1(c2ccccc2)CCN(C(=O)[C@H]2NCC3(CC3)C[C@@H]2C(=O)NO)CC1. The van der Waals surface area contributed by atoms with Gasteiger partial charge in [-0.25, -0.2) is 5.48 Å². The first kappa shape index (κ1) is 18.4. The van der Waals surface area contributed by atoms with Crippen LogP contribution in [0.4, 0.5) is 0 Å². The molecule has 1 saturated carbocycles. The molecule has 2 heterocycles. The molecule has 4 rings (SSSR count). The number of piperidine rings is 2. The Bertz CT molecular complexity index is 709. The molecule has 3 N–H and O–H groups in total. The molecule has 1 aliphatic carbocycles. The van der Waals surface area contributed by atoms with Crippen LogP contribution in [0.2, 0.25) is 0 Å². The third-order valence-corrected chi connectivity index (χ3v) is 7.07. The van der Waals surface area contributed by atoms with Crippen LogP contribution in [-0.4, -0.2) is 47.6 Å². The van der Waals surface area contributed by atoms with Crippen molar-refractivity contribution in [3.05, 3.63) is 35.9 Å². The first-order valence-electron chi connectivity index (χ1n) is 9.98. The van der Waals surface area contributed by atoms with Crippen molar-refractivity contribution in [2.75, 3.05) is 19.6 Å². The summed E-state index contributed by atoms with van der Waals surface area (Å²) in [6, 6.07) is 9.95. The summed E-state index contributed by atoms with van der Waals surface area (Å²) in [6.45, 7) is 4.44. The van der Waals surface area contributed by atoms with E-state index in [9.17, 15) is 9.59 Å². The molecule has 3 fully saturated rings. The number of nitrogens with zero attached hydrogens (tertiary/aromatic N) is 1. The van der Waals surface area contributed by atoms with Crippen molar-refractivity contribution in [2.24, 2.45) is 11.3 Å². The van der Waals surface area contributed by atoms with E-state index in [1.807, 2.05) is 11.0 Å². The standard InChI is InChI=1S/C21H29N3O3/c1-20(15-5-3-2-4-6-15)9-11-24(12-10-20)19(26)17-16(18(25)23-27)13-21(7-8-21)14-22-17/h2-6,16-17,22,27H,7-14H2,1H3,(H,23,25)/t16-,17-/m0/s1. The van der Waals surface area contributed by atoms with E-state index in [4.69, 9.17) is 5.21 Å². The second kappa shape index (κ2) is 6.91. The molecule has 1 spiro atoms. The number of hydrogen-bond donors (Lipinski definition) is 3. The van der Waals surface area contributed by atoms with Gasteiger partial charge in [0.25, 0.3) is 0 Å². The molecule has 0 unspecified atom stereocenters. The van der Waals surface area contributed by atoms with Crippen molar-refractivity contribution >= 4 is 11.8 Å². The highest BCUT2D eigenvalue weighted by atomic mass is 16.5. The minimum atomic E-state index is -0.538. The van der Waals surface area contributed by atoms with Crippen LogP contribution in [0.25, 0.3) is 0 Å². The maximum atomic E-state index is 13.2. The van der Waals surface area contributed by atoms with Crippen molar-refractivity contribution in [1.82, 2.24) is 15.7 Å². The highest BCUT2D eigenvalue weighted by Gasteiger charge is 2.53. The largest absolute Gasteiger partial charge is 0.341 e. The summed E-state index contributed by atoms with van der Waals surface area (Å²) in [5.41, 5.74) is 3.33. The number of benzene rings is 1. The molecular weight excluding hydrogens is 342 g/mol. The lowest BCUT2D eigenvalue weighted by Gasteiger charge is -2.43. The summed E-state index contributed by atoms with van der Waals surface area (Å²) in [5, 5.41) is 12.5. The van der Waals surface area contributed by atoms with Crippen LogP contribution in [0.3, 0.4) is 0 Å². The van der Waals surface area contributed by atoms with Gasteiger partial charge in [-0.3, -0.25) is 14.8 Å². The zero-order chi connectivity index (χ0) is 19.1. The summed E-state index contributed by atoms with van der Waals surface area (Å²) in [6.07, 6.45) is 4.69. The molecule has 6 heteroatoms. The molecule has 1 aromatic rings. The Kier molecular flexibility index (Phi) is 4.72. The zero-order valence-electron chi connectivity index (χ0n) is 15.9. The lowest BCUT2D eigenvalue weighted by molar-refractivity contribution is -0.145. The molecular formula is C21H29N3O3. The molecule has 6 nitrogen and oxygen atoms in total. The van der Waals surface area contributed by atoms with Crippen molar-refractivity contribution in [3.8, 4) is 0 Å². The van der Waals surface area contributed by atoms with Crippen molar-refractivity contribution in [1.29, 1.82) is 0 Å². The summed E-state index contributed by atoms with van der Waals surface area (Å²) in [4.78, 5) is 27.3. The van der Waals surface area contributed by atoms with Gasteiger partial charge in [-0.15, -0.1) is 0 Å². The van der Waals surface area contributed by atoms with Gasteiger partial charge < -0.3 is 10.2 Å². The molecule has 0 radical (unpaired) electrons. The normalized spacial score (nSPS) is 28.6. The minimum absolute atomic E-state index is 0.00536. The molecule has 2 amide bonds. The van der Waals surface area contributed by atoms with Gasteiger partial charge in [0.15, 0.2) is 0 Å². The molecule has 146 valence electrons. The number of hydroxylamine groups is 1. The maximum Gasteiger partial charge on any atom is 0.248 e. The Morgan fingerprint density at radius 1 is 1.15 bits per heavy atom. The Hall–Kier alpha value is -1.92. The van der Waals surface area contributed by atoms with E-state index in [1.165, 1.54) is 5.56 Å². The van der Waals surface area contributed by atoms with Crippen LogP contribution in [0.1, 0.15) is 44.6 Å². The third-order valence-electron chi connectivity index (χ3n) is 7.07. The molecule has 0 bridgehead atoms. The van der Waals surface area contributed by atoms with E-state index >= 15 is 0 Å². The van der Waals surface area contributed by atoms with Gasteiger partial charge in [-0.1, -0.05) is 37.3 Å². The van der Waals surface area contributed by atoms with Gasteiger partial charge >= 0.3 is 0 Å². The number of rotatable bonds is 3.